The van der Waals surface area contributed by atoms with Gasteiger partial charge in [0, 0.05) is 11.2 Å². The molecular weight excluding hydrogens is 299 g/mol. The number of carbonyl (C=O) groups excluding carboxylic acids is 1. The number of halogens is 2. The molecule has 1 heterocycles. The third-order valence-corrected chi connectivity index (χ3v) is 2.99. The number of urea groups is 1. The Hall–Kier alpha value is -1.85. The Balaban J connectivity index is 1.90. The van der Waals surface area contributed by atoms with Crippen molar-refractivity contribution >= 4 is 34.9 Å². The molecule has 0 aliphatic rings. The number of rotatable bonds is 3. The van der Waals surface area contributed by atoms with E-state index in [0.717, 1.165) is 5.69 Å². The molecule has 0 aliphatic heterocycles. The maximum Gasteiger partial charge on any atom is 0.319 e. The summed E-state index contributed by atoms with van der Waals surface area (Å²) in [5, 5.41) is 6.18. The second-order valence-electron chi connectivity index (χ2n) is 4.08. The average molecular weight is 311 g/mol. The molecule has 1 aromatic carbocycles. The molecule has 0 fully saturated rings. The van der Waals surface area contributed by atoms with Gasteiger partial charge in [0.1, 0.15) is 0 Å². The van der Waals surface area contributed by atoms with Gasteiger partial charge in [-0.1, -0.05) is 23.2 Å². The lowest BCUT2D eigenvalue weighted by Gasteiger charge is -2.09. The summed E-state index contributed by atoms with van der Waals surface area (Å²) in [4.78, 5) is 20.0. The highest BCUT2D eigenvalue weighted by molar-refractivity contribution is 6.36. The molecule has 2 aromatic rings. The fourth-order valence-corrected chi connectivity index (χ4v) is 1.89. The summed E-state index contributed by atoms with van der Waals surface area (Å²) in [6.45, 7) is 2.13. The summed E-state index contributed by atoms with van der Waals surface area (Å²) >= 11 is 11.7. The molecule has 7 heteroatoms. The molecule has 0 radical (unpaired) electrons. The van der Waals surface area contributed by atoms with E-state index in [1.54, 1.807) is 30.6 Å². The molecule has 104 valence electrons. The molecule has 2 amide bonds. The number of benzene rings is 1. The lowest BCUT2D eigenvalue weighted by Crippen LogP contribution is -2.28. The zero-order chi connectivity index (χ0) is 14.5. The molecule has 0 saturated carbocycles. The van der Waals surface area contributed by atoms with E-state index in [0.29, 0.717) is 21.4 Å². The lowest BCUT2D eigenvalue weighted by atomic mass is 10.3. The van der Waals surface area contributed by atoms with Crippen LogP contribution in [0.25, 0.3) is 0 Å². The molecule has 0 spiro atoms. The smallest absolute Gasteiger partial charge is 0.319 e. The average Bonchev–Trinajstić information content (AvgIpc) is 2.41. The van der Waals surface area contributed by atoms with Crippen molar-refractivity contribution in [3.63, 3.8) is 0 Å². The summed E-state index contributed by atoms with van der Waals surface area (Å²) < 4.78 is 0. The number of hydrogen-bond donors (Lipinski definition) is 2. The Labute approximate surface area is 126 Å². The Morgan fingerprint density at radius 3 is 2.70 bits per heavy atom. The fourth-order valence-electron chi connectivity index (χ4n) is 1.44. The first-order valence-electron chi connectivity index (χ1n) is 5.82. The summed E-state index contributed by atoms with van der Waals surface area (Å²) in [5.74, 6) is 0. The largest absolute Gasteiger partial charge is 0.332 e. The van der Waals surface area contributed by atoms with Crippen LogP contribution in [0.2, 0.25) is 10.0 Å². The standard InChI is InChI=1S/C13H12Cl2N4O/c1-8-5-17-10(6-16-8)7-18-13(20)19-12-3-2-9(14)4-11(12)15/h2-6H,7H2,1H3,(H2,18,19,20). The fraction of sp³-hybridized carbons (Fsp3) is 0.154. The van der Waals surface area contributed by atoms with E-state index < -0.39 is 0 Å². The number of hydrogen-bond acceptors (Lipinski definition) is 3. The van der Waals surface area contributed by atoms with Gasteiger partial charge in [0.25, 0.3) is 0 Å². The van der Waals surface area contributed by atoms with Gasteiger partial charge in [-0.3, -0.25) is 9.97 Å². The topological polar surface area (TPSA) is 66.9 Å². The summed E-state index contributed by atoms with van der Waals surface area (Å²) in [7, 11) is 0. The van der Waals surface area contributed by atoms with E-state index in [1.807, 2.05) is 6.92 Å². The number of anilines is 1. The van der Waals surface area contributed by atoms with E-state index in [2.05, 4.69) is 20.6 Å². The zero-order valence-corrected chi connectivity index (χ0v) is 12.2. The van der Waals surface area contributed by atoms with Crippen molar-refractivity contribution in [2.75, 3.05) is 5.32 Å². The first-order chi connectivity index (χ1) is 9.54. The number of aromatic nitrogens is 2. The first kappa shape index (κ1) is 14.6. The van der Waals surface area contributed by atoms with Gasteiger partial charge in [0.15, 0.2) is 0 Å². The molecule has 2 rings (SSSR count). The summed E-state index contributed by atoms with van der Waals surface area (Å²) in [6.07, 6.45) is 3.26. The van der Waals surface area contributed by atoms with Crippen LogP contribution in [0.1, 0.15) is 11.4 Å². The van der Waals surface area contributed by atoms with Gasteiger partial charge in [0.05, 0.1) is 34.8 Å². The van der Waals surface area contributed by atoms with Crippen LogP contribution in [0.15, 0.2) is 30.6 Å². The molecule has 0 bridgehead atoms. The molecule has 0 atom stereocenters. The van der Waals surface area contributed by atoms with Gasteiger partial charge in [-0.05, 0) is 25.1 Å². The van der Waals surface area contributed by atoms with Crippen LogP contribution in [0.3, 0.4) is 0 Å². The number of nitrogens with one attached hydrogen (secondary N) is 2. The summed E-state index contributed by atoms with van der Waals surface area (Å²) in [6, 6.07) is 4.46. The van der Waals surface area contributed by atoms with Crippen molar-refractivity contribution < 1.29 is 4.79 Å². The number of aryl methyl sites for hydroxylation is 1. The van der Waals surface area contributed by atoms with Crippen LogP contribution in [0, 0.1) is 6.92 Å². The Kier molecular flexibility index (Phi) is 4.76. The van der Waals surface area contributed by atoms with Crippen molar-refractivity contribution in [1.82, 2.24) is 15.3 Å². The normalized spacial score (nSPS) is 10.2. The molecule has 5 nitrogen and oxygen atoms in total. The minimum atomic E-state index is -0.378. The van der Waals surface area contributed by atoms with Crippen LogP contribution >= 0.6 is 23.2 Å². The van der Waals surface area contributed by atoms with E-state index in [-0.39, 0.29) is 12.6 Å². The van der Waals surface area contributed by atoms with Crippen molar-refractivity contribution in [1.29, 1.82) is 0 Å². The minimum absolute atomic E-state index is 0.282. The van der Waals surface area contributed by atoms with E-state index in [4.69, 9.17) is 23.2 Å². The highest BCUT2D eigenvalue weighted by Crippen LogP contribution is 2.25. The van der Waals surface area contributed by atoms with Gasteiger partial charge >= 0.3 is 6.03 Å². The second-order valence-corrected chi connectivity index (χ2v) is 4.92. The van der Waals surface area contributed by atoms with Crippen molar-refractivity contribution in [2.45, 2.75) is 13.5 Å². The maximum absolute atomic E-state index is 11.7. The van der Waals surface area contributed by atoms with Crippen LogP contribution in [-0.2, 0) is 6.54 Å². The predicted molar refractivity (Wildman–Crippen MR) is 79.1 cm³/mol. The minimum Gasteiger partial charge on any atom is -0.332 e. The lowest BCUT2D eigenvalue weighted by molar-refractivity contribution is 0.251. The van der Waals surface area contributed by atoms with Crippen LogP contribution in [0.4, 0.5) is 10.5 Å². The SMILES string of the molecule is Cc1cnc(CNC(=O)Nc2ccc(Cl)cc2Cl)cn1. The Bertz CT molecular complexity index is 616. The van der Waals surface area contributed by atoms with Crippen molar-refractivity contribution in [2.24, 2.45) is 0 Å². The van der Waals surface area contributed by atoms with Crippen molar-refractivity contribution in [3.05, 3.63) is 52.0 Å². The van der Waals surface area contributed by atoms with Crippen LogP contribution < -0.4 is 10.6 Å². The first-order valence-corrected chi connectivity index (χ1v) is 6.57. The van der Waals surface area contributed by atoms with E-state index in [9.17, 15) is 4.79 Å². The second kappa shape index (κ2) is 6.54. The molecule has 0 unspecified atom stereocenters. The predicted octanol–water partition coefficient (Wildman–Crippen LogP) is 3.41. The molecule has 2 N–H and O–H groups in total. The van der Waals surface area contributed by atoms with Gasteiger partial charge in [0.2, 0.25) is 0 Å². The number of carbonyl (C=O) groups is 1. The highest BCUT2D eigenvalue weighted by atomic mass is 35.5. The third-order valence-electron chi connectivity index (χ3n) is 2.44. The monoisotopic (exact) mass is 310 g/mol. The molecular formula is C13H12Cl2N4O. The van der Waals surface area contributed by atoms with Gasteiger partial charge in [-0.15, -0.1) is 0 Å². The highest BCUT2D eigenvalue weighted by Gasteiger charge is 2.06. The molecule has 0 saturated heterocycles. The number of amides is 2. The quantitative estimate of drug-likeness (QED) is 0.913. The number of nitrogens with zero attached hydrogens (tertiary/aromatic N) is 2. The summed E-state index contributed by atoms with van der Waals surface area (Å²) in [5.41, 5.74) is 1.99. The Morgan fingerprint density at radius 2 is 2.05 bits per heavy atom. The van der Waals surface area contributed by atoms with E-state index in [1.165, 1.54) is 0 Å². The van der Waals surface area contributed by atoms with Crippen molar-refractivity contribution in [3.8, 4) is 0 Å². The third kappa shape index (κ3) is 4.08. The maximum atomic E-state index is 11.7. The van der Waals surface area contributed by atoms with Gasteiger partial charge in [-0.25, -0.2) is 4.79 Å². The molecule has 1 aromatic heterocycles. The van der Waals surface area contributed by atoms with Crippen LogP contribution in [0.5, 0.6) is 0 Å². The molecule has 20 heavy (non-hydrogen) atoms. The van der Waals surface area contributed by atoms with Gasteiger partial charge < -0.3 is 10.6 Å². The molecule has 0 aliphatic carbocycles. The van der Waals surface area contributed by atoms with Gasteiger partial charge in [-0.2, -0.15) is 0 Å². The van der Waals surface area contributed by atoms with Crippen LogP contribution in [-0.4, -0.2) is 16.0 Å². The zero-order valence-electron chi connectivity index (χ0n) is 10.7. The van der Waals surface area contributed by atoms with E-state index >= 15 is 0 Å². The Morgan fingerprint density at radius 1 is 1.25 bits per heavy atom.